The highest BCUT2D eigenvalue weighted by Crippen LogP contribution is 2.41. The molecule has 1 fully saturated rings. The molecule has 21 heavy (non-hydrogen) atoms. The average molecular weight is 301 g/mol. The number of benzene rings is 1. The zero-order chi connectivity index (χ0) is 14.2. The summed E-state index contributed by atoms with van der Waals surface area (Å²) in [7, 11) is 0. The van der Waals surface area contributed by atoms with Crippen LogP contribution in [0.2, 0.25) is 0 Å². The number of hydrogen-bond acceptors (Lipinski definition) is 4. The van der Waals surface area contributed by atoms with Crippen LogP contribution < -0.4 is 0 Å². The van der Waals surface area contributed by atoms with Crippen molar-refractivity contribution in [3.8, 4) is 0 Å². The standard InChI is InChI=1S/C16H19N3OS/c20-10-15-17-18-16(19(15)13-6-7-13)21-14-8-5-11-3-1-2-4-12(11)9-14/h1-4,13-14,20H,5-10H2/t14-/m1/s1. The topological polar surface area (TPSA) is 50.9 Å². The van der Waals surface area contributed by atoms with Crippen LogP contribution in [0.5, 0.6) is 0 Å². The number of rotatable bonds is 4. The van der Waals surface area contributed by atoms with Crippen LogP contribution in [0.15, 0.2) is 29.4 Å². The van der Waals surface area contributed by atoms with E-state index in [1.54, 1.807) is 0 Å². The van der Waals surface area contributed by atoms with Crippen LogP contribution in [0, 0.1) is 0 Å². The number of nitrogens with zero attached hydrogens (tertiary/aromatic N) is 3. The Morgan fingerprint density at radius 1 is 1.14 bits per heavy atom. The van der Waals surface area contributed by atoms with E-state index in [-0.39, 0.29) is 6.61 Å². The van der Waals surface area contributed by atoms with E-state index in [9.17, 15) is 5.11 Å². The predicted octanol–water partition coefficient (Wildman–Crippen LogP) is 2.75. The second-order valence-corrected chi connectivity index (χ2v) is 7.18. The summed E-state index contributed by atoms with van der Waals surface area (Å²) in [6.07, 6.45) is 5.82. The Kier molecular flexibility index (Phi) is 3.47. The molecule has 0 saturated heterocycles. The maximum absolute atomic E-state index is 9.41. The van der Waals surface area contributed by atoms with E-state index in [2.05, 4.69) is 39.0 Å². The van der Waals surface area contributed by atoms with Crippen molar-refractivity contribution in [1.29, 1.82) is 0 Å². The number of aromatic nitrogens is 3. The predicted molar refractivity (Wildman–Crippen MR) is 82.3 cm³/mol. The molecule has 5 heteroatoms. The van der Waals surface area contributed by atoms with Crippen molar-refractivity contribution in [2.45, 2.75) is 55.2 Å². The van der Waals surface area contributed by atoms with Crippen LogP contribution >= 0.6 is 11.8 Å². The summed E-state index contributed by atoms with van der Waals surface area (Å²) < 4.78 is 2.16. The number of fused-ring (bicyclic) bond motifs is 1. The molecule has 0 radical (unpaired) electrons. The highest BCUT2D eigenvalue weighted by molar-refractivity contribution is 7.99. The zero-order valence-corrected chi connectivity index (χ0v) is 12.7. The minimum atomic E-state index is -0.0163. The second kappa shape index (κ2) is 5.46. The normalized spacial score (nSPS) is 21.3. The molecular weight excluding hydrogens is 282 g/mol. The molecule has 1 heterocycles. The van der Waals surface area contributed by atoms with Gasteiger partial charge in [-0.05, 0) is 43.2 Å². The molecule has 0 aliphatic heterocycles. The van der Waals surface area contributed by atoms with Gasteiger partial charge in [0.2, 0.25) is 0 Å². The molecule has 1 N–H and O–H groups in total. The monoisotopic (exact) mass is 301 g/mol. The SMILES string of the molecule is OCc1nnc(S[C@@H]2CCc3ccccc3C2)n1C1CC1. The van der Waals surface area contributed by atoms with E-state index in [1.165, 1.54) is 30.4 Å². The summed E-state index contributed by atoms with van der Waals surface area (Å²) in [5.74, 6) is 0.719. The smallest absolute Gasteiger partial charge is 0.191 e. The lowest BCUT2D eigenvalue weighted by Gasteiger charge is -2.23. The molecule has 110 valence electrons. The summed E-state index contributed by atoms with van der Waals surface area (Å²) in [6.45, 7) is -0.0163. The van der Waals surface area contributed by atoms with E-state index in [1.807, 2.05) is 11.8 Å². The van der Waals surface area contributed by atoms with Crippen LogP contribution in [-0.2, 0) is 19.4 Å². The molecule has 0 bridgehead atoms. The van der Waals surface area contributed by atoms with Crippen molar-refractivity contribution < 1.29 is 5.11 Å². The molecule has 0 spiro atoms. The highest BCUT2D eigenvalue weighted by Gasteiger charge is 2.31. The van der Waals surface area contributed by atoms with Gasteiger partial charge in [0, 0.05) is 11.3 Å². The molecule has 1 aromatic heterocycles. The van der Waals surface area contributed by atoms with E-state index in [0.717, 1.165) is 23.8 Å². The van der Waals surface area contributed by atoms with Crippen LogP contribution in [0.3, 0.4) is 0 Å². The summed E-state index contributed by atoms with van der Waals surface area (Å²) in [6, 6.07) is 9.26. The lowest BCUT2D eigenvalue weighted by atomic mass is 9.92. The van der Waals surface area contributed by atoms with Crippen molar-refractivity contribution in [3.63, 3.8) is 0 Å². The molecule has 1 atom stereocenters. The van der Waals surface area contributed by atoms with Gasteiger partial charge >= 0.3 is 0 Å². The Balaban J connectivity index is 1.54. The maximum atomic E-state index is 9.41. The Labute approximate surface area is 128 Å². The molecular formula is C16H19N3OS. The molecule has 2 aliphatic carbocycles. The Morgan fingerprint density at radius 3 is 2.71 bits per heavy atom. The fraction of sp³-hybridized carbons (Fsp3) is 0.500. The minimum Gasteiger partial charge on any atom is -0.388 e. The van der Waals surface area contributed by atoms with Gasteiger partial charge in [-0.1, -0.05) is 36.0 Å². The van der Waals surface area contributed by atoms with Gasteiger partial charge in [0.25, 0.3) is 0 Å². The Morgan fingerprint density at radius 2 is 1.95 bits per heavy atom. The Bertz CT molecular complexity index is 651. The number of aliphatic hydroxyl groups is 1. The summed E-state index contributed by atoms with van der Waals surface area (Å²) in [5.41, 5.74) is 2.97. The van der Waals surface area contributed by atoms with Crippen LogP contribution in [0.4, 0.5) is 0 Å². The van der Waals surface area contributed by atoms with Crippen LogP contribution in [0.1, 0.15) is 42.3 Å². The number of aryl methyl sites for hydroxylation is 1. The first kappa shape index (κ1) is 13.3. The van der Waals surface area contributed by atoms with Gasteiger partial charge in [0.1, 0.15) is 6.61 Å². The van der Waals surface area contributed by atoms with Gasteiger partial charge < -0.3 is 9.67 Å². The molecule has 1 saturated carbocycles. The van der Waals surface area contributed by atoms with Gasteiger partial charge in [-0.15, -0.1) is 10.2 Å². The highest BCUT2D eigenvalue weighted by atomic mass is 32.2. The van der Waals surface area contributed by atoms with Crippen molar-refractivity contribution >= 4 is 11.8 Å². The number of thioether (sulfide) groups is 1. The summed E-state index contributed by atoms with van der Waals surface area (Å²) in [5, 5.41) is 19.4. The maximum Gasteiger partial charge on any atom is 0.191 e. The van der Waals surface area contributed by atoms with Gasteiger partial charge in [0.05, 0.1) is 0 Å². The molecule has 4 rings (SSSR count). The number of hydrogen-bond donors (Lipinski definition) is 1. The third-order valence-electron chi connectivity index (χ3n) is 4.36. The summed E-state index contributed by atoms with van der Waals surface area (Å²) in [4.78, 5) is 0. The van der Waals surface area contributed by atoms with Gasteiger partial charge in [-0.3, -0.25) is 0 Å². The molecule has 2 aromatic rings. The van der Waals surface area contributed by atoms with Crippen LogP contribution in [-0.4, -0.2) is 25.1 Å². The van der Waals surface area contributed by atoms with Gasteiger partial charge in [-0.2, -0.15) is 0 Å². The number of aliphatic hydroxyl groups excluding tert-OH is 1. The fourth-order valence-corrected chi connectivity index (χ4v) is 4.36. The molecule has 4 nitrogen and oxygen atoms in total. The van der Waals surface area contributed by atoms with Crippen molar-refractivity contribution in [2.75, 3.05) is 0 Å². The second-order valence-electron chi connectivity index (χ2n) is 5.91. The van der Waals surface area contributed by atoms with Crippen molar-refractivity contribution in [2.24, 2.45) is 0 Å². The van der Waals surface area contributed by atoms with Gasteiger partial charge in [0.15, 0.2) is 11.0 Å². The fourth-order valence-electron chi connectivity index (χ4n) is 3.11. The van der Waals surface area contributed by atoms with E-state index >= 15 is 0 Å². The van der Waals surface area contributed by atoms with Crippen LogP contribution in [0.25, 0.3) is 0 Å². The van der Waals surface area contributed by atoms with Crippen molar-refractivity contribution in [3.05, 3.63) is 41.2 Å². The first-order valence-electron chi connectivity index (χ1n) is 7.63. The largest absolute Gasteiger partial charge is 0.388 e. The average Bonchev–Trinajstić information content (AvgIpc) is 3.28. The lowest BCUT2D eigenvalue weighted by Crippen LogP contribution is -2.17. The van der Waals surface area contributed by atoms with E-state index in [0.29, 0.717) is 11.3 Å². The first-order chi connectivity index (χ1) is 10.3. The molecule has 2 aliphatic rings. The molecule has 0 unspecified atom stereocenters. The summed E-state index contributed by atoms with van der Waals surface area (Å²) >= 11 is 1.84. The molecule has 1 aromatic carbocycles. The minimum absolute atomic E-state index is 0.0163. The third-order valence-corrected chi connectivity index (χ3v) is 5.59. The molecule has 0 amide bonds. The van der Waals surface area contributed by atoms with Gasteiger partial charge in [-0.25, -0.2) is 0 Å². The van der Waals surface area contributed by atoms with Crippen molar-refractivity contribution in [1.82, 2.24) is 14.8 Å². The van der Waals surface area contributed by atoms with E-state index in [4.69, 9.17) is 0 Å². The van der Waals surface area contributed by atoms with E-state index < -0.39 is 0 Å². The lowest BCUT2D eigenvalue weighted by molar-refractivity contribution is 0.263. The third kappa shape index (κ3) is 2.60. The Hall–Kier alpha value is -1.33. The zero-order valence-electron chi connectivity index (χ0n) is 11.9. The first-order valence-corrected chi connectivity index (χ1v) is 8.51. The quantitative estimate of drug-likeness (QED) is 0.943.